The number of piperazine rings is 1. The Bertz CT molecular complexity index is 935. The molecular weight excluding hydrogens is 336 g/mol. The fourth-order valence-corrected chi connectivity index (χ4v) is 3.42. The highest BCUT2D eigenvalue weighted by atomic mass is 16.6. The molecule has 3 aromatic heterocycles. The molecule has 0 saturated carbocycles. The lowest BCUT2D eigenvalue weighted by atomic mass is 10.2. The van der Waals surface area contributed by atoms with Crippen LogP contribution in [0.4, 0.5) is 11.6 Å². The van der Waals surface area contributed by atoms with Gasteiger partial charge in [-0.1, -0.05) is 11.2 Å². The Morgan fingerprint density at radius 1 is 1.23 bits per heavy atom. The average Bonchev–Trinajstić information content (AvgIpc) is 3.17. The highest BCUT2D eigenvalue weighted by molar-refractivity contribution is 5.63. The molecule has 3 aromatic rings. The maximum absolute atomic E-state index is 11.6. The minimum atomic E-state index is -0.356. The van der Waals surface area contributed by atoms with Gasteiger partial charge >= 0.3 is 5.82 Å². The van der Waals surface area contributed by atoms with Gasteiger partial charge in [-0.25, -0.2) is 0 Å². The van der Waals surface area contributed by atoms with Crippen molar-refractivity contribution in [3.63, 3.8) is 0 Å². The second-order valence-electron chi connectivity index (χ2n) is 6.51. The van der Waals surface area contributed by atoms with E-state index in [-0.39, 0.29) is 10.7 Å². The number of aromatic nitrogens is 3. The SMILES string of the molecule is Cc1noc(C)c1CN1CCN(c2nc3ccccn3c2[N+](=O)[O-])CC1. The van der Waals surface area contributed by atoms with Gasteiger partial charge in [-0.15, -0.1) is 0 Å². The third-order valence-electron chi connectivity index (χ3n) is 4.89. The first-order chi connectivity index (χ1) is 12.5. The van der Waals surface area contributed by atoms with Crippen molar-refractivity contribution >= 4 is 17.3 Å². The first-order valence-electron chi connectivity index (χ1n) is 8.55. The second-order valence-corrected chi connectivity index (χ2v) is 6.51. The summed E-state index contributed by atoms with van der Waals surface area (Å²) in [6, 6.07) is 5.38. The fourth-order valence-electron chi connectivity index (χ4n) is 3.42. The smallest absolute Gasteiger partial charge is 0.361 e. The summed E-state index contributed by atoms with van der Waals surface area (Å²) in [5, 5.41) is 15.6. The quantitative estimate of drug-likeness (QED) is 0.522. The van der Waals surface area contributed by atoms with Gasteiger partial charge in [0.05, 0.1) is 11.9 Å². The van der Waals surface area contributed by atoms with Crippen molar-refractivity contribution in [2.24, 2.45) is 0 Å². The van der Waals surface area contributed by atoms with E-state index in [1.54, 1.807) is 18.3 Å². The van der Waals surface area contributed by atoms with Gasteiger partial charge in [0.15, 0.2) is 0 Å². The lowest BCUT2D eigenvalue weighted by Crippen LogP contribution is -2.46. The molecule has 1 aliphatic rings. The number of hydrogen-bond acceptors (Lipinski definition) is 7. The van der Waals surface area contributed by atoms with E-state index in [1.165, 1.54) is 4.40 Å². The van der Waals surface area contributed by atoms with Crippen molar-refractivity contribution in [2.75, 3.05) is 31.1 Å². The number of nitro groups is 1. The summed E-state index contributed by atoms with van der Waals surface area (Å²) in [7, 11) is 0. The Morgan fingerprint density at radius 2 is 2.00 bits per heavy atom. The van der Waals surface area contributed by atoms with Crippen molar-refractivity contribution < 1.29 is 9.45 Å². The summed E-state index contributed by atoms with van der Waals surface area (Å²) >= 11 is 0. The van der Waals surface area contributed by atoms with Crippen molar-refractivity contribution in [2.45, 2.75) is 20.4 Å². The third kappa shape index (κ3) is 2.80. The molecule has 0 aromatic carbocycles. The molecule has 0 spiro atoms. The Balaban J connectivity index is 1.52. The zero-order valence-corrected chi connectivity index (χ0v) is 14.8. The number of aryl methyl sites for hydroxylation is 2. The van der Waals surface area contributed by atoms with Crippen molar-refractivity contribution in [3.05, 3.63) is 51.5 Å². The van der Waals surface area contributed by atoms with E-state index >= 15 is 0 Å². The summed E-state index contributed by atoms with van der Waals surface area (Å²) in [5.74, 6) is 1.32. The third-order valence-corrected chi connectivity index (χ3v) is 4.89. The standard InChI is InChI=1S/C17H20N6O3/c1-12-14(13(2)26-19-12)11-20-7-9-21(10-8-20)16-17(23(24)25)22-6-4-3-5-15(22)18-16/h3-6H,7-11H2,1-2H3. The van der Waals surface area contributed by atoms with Crippen LogP contribution in [0.3, 0.4) is 0 Å². The van der Waals surface area contributed by atoms with Gasteiger partial charge in [0.25, 0.3) is 0 Å². The zero-order valence-electron chi connectivity index (χ0n) is 14.8. The van der Waals surface area contributed by atoms with Crippen LogP contribution in [-0.2, 0) is 6.54 Å². The summed E-state index contributed by atoms with van der Waals surface area (Å²) in [5.41, 5.74) is 2.63. The van der Waals surface area contributed by atoms with Gasteiger partial charge in [0.1, 0.15) is 5.76 Å². The zero-order chi connectivity index (χ0) is 18.3. The molecule has 26 heavy (non-hydrogen) atoms. The predicted octanol–water partition coefficient (Wildman–Crippen LogP) is 2.17. The Kier molecular flexibility index (Phi) is 4.08. The van der Waals surface area contributed by atoms with E-state index in [0.29, 0.717) is 24.6 Å². The van der Waals surface area contributed by atoms with E-state index in [4.69, 9.17) is 4.52 Å². The van der Waals surface area contributed by atoms with Crippen molar-refractivity contribution in [3.8, 4) is 0 Å². The number of imidazole rings is 1. The summed E-state index contributed by atoms with van der Waals surface area (Å²) in [4.78, 5) is 20.0. The highest BCUT2D eigenvalue weighted by Gasteiger charge is 2.29. The largest absolute Gasteiger partial charge is 0.372 e. The Labute approximate surface area is 150 Å². The van der Waals surface area contributed by atoms with Gasteiger partial charge in [-0.2, -0.15) is 9.38 Å². The Hall–Kier alpha value is -2.94. The summed E-state index contributed by atoms with van der Waals surface area (Å²) in [6.45, 7) is 7.63. The molecule has 4 rings (SSSR count). The molecule has 9 heteroatoms. The van der Waals surface area contributed by atoms with Gasteiger partial charge < -0.3 is 19.5 Å². The molecule has 1 aliphatic heterocycles. The maximum atomic E-state index is 11.6. The molecule has 0 atom stereocenters. The predicted molar refractivity (Wildman–Crippen MR) is 95.3 cm³/mol. The minimum absolute atomic E-state index is 0.0276. The molecule has 1 saturated heterocycles. The molecule has 0 radical (unpaired) electrons. The molecule has 0 unspecified atom stereocenters. The van der Waals surface area contributed by atoms with Crippen LogP contribution in [0.25, 0.3) is 5.65 Å². The minimum Gasteiger partial charge on any atom is -0.361 e. The molecule has 4 heterocycles. The van der Waals surface area contributed by atoms with Crippen LogP contribution >= 0.6 is 0 Å². The Morgan fingerprint density at radius 3 is 2.65 bits per heavy atom. The van der Waals surface area contributed by atoms with E-state index in [1.807, 2.05) is 24.8 Å². The number of fused-ring (bicyclic) bond motifs is 1. The van der Waals surface area contributed by atoms with E-state index in [9.17, 15) is 10.1 Å². The van der Waals surface area contributed by atoms with Crippen molar-refractivity contribution in [1.82, 2.24) is 19.4 Å². The van der Waals surface area contributed by atoms with Crippen LogP contribution in [0.1, 0.15) is 17.0 Å². The molecule has 9 nitrogen and oxygen atoms in total. The second kappa shape index (κ2) is 6.41. The molecular formula is C17H20N6O3. The van der Waals surface area contributed by atoms with Crippen LogP contribution < -0.4 is 4.90 Å². The fraction of sp³-hybridized carbons (Fsp3) is 0.412. The number of nitrogens with zero attached hydrogens (tertiary/aromatic N) is 6. The van der Waals surface area contributed by atoms with Gasteiger partial charge in [0.2, 0.25) is 11.5 Å². The lowest BCUT2D eigenvalue weighted by molar-refractivity contribution is -0.389. The summed E-state index contributed by atoms with van der Waals surface area (Å²) in [6.07, 6.45) is 1.68. The van der Waals surface area contributed by atoms with Crippen LogP contribution in [0, 0.1) is 24.0 Å². The first-order valence-corrected chi connectivity index (χ1v) is 8.55. The molecule has 0 amide bonds. The van der Waals surface area contributed by atoms with Gasteiger partial charge in [0, 0.05) is 44.4 Å². The van der Waals surface area contributed by atoms with Crippen LogP contribution in [-0.4, -0.2) is 50.5 Å². The van der Waals surface area contributed by atoms with E-state index in [2.05, 4.69) is 15.0 Å². The number of hydrogen-bond donors (Lipinski definition) is 0. The molecule has 0 aliphatic carbocycles. The first kappa shape index (κ1) is 16.5. The van der Waals surface area contributed by atoms with Gasteiger partial charge in [-0.05, 0) is 24.8 Å². The molecule has 1 fully saturated rings. The number of anilines is 1. The average molecular weight is 356 g/mol. The molecule has 0 bridgehead atoms. The van der Waals surface area contributed by atoms with Crippen LogP contribution in [0.5, 0.6) is 0 Å². The topological polar surface area (TPSA) is 93.0 Å². The molecule has 0 N–H and O–H groups in total. The van der Waals surface area contributed by atoms with Crippen LogP contribution in [0.2, 0.25) is 0 Å². The van der Waals surface area contributed by atoms with E-state index in [0.717, 1.165) is 36.7 Å². The molecule has 136 valence electrons. The van der Waals surface area contributed by atoms with Gasteiger partial charge in [-0.3, -0.25) is 4.90 Å². The highest BCUT2D eigenvalue weighted by Crippen LogP contribution is 2.29. The van der Waals surface area contributed by atoms with Crippen LogP contribution in [0.15, 0.2) is 28.9 Å². The monoisotopic (exact) mass is 356 g/mol. The normalized spacial score (nSPS) is 15.7. The summed E-state index contributed by atoms with van der Waals surface area (Å²) < 4.78 is 6.76. The van der Waals surface area contributed by atoms with Crippen molar-refractivity contribution in [1.29, 1.82) is 0 Å². The maximum Gasteiger partial charge on any atom is 0.372 e. The number of rotatable bonds is 4. The lowest BCUT2D eigenvalue weighted by Gasteiger charge is -2.34. The van der Waals surface area contributed by atoms with E-state index < -0.39 is 0 Å². The number of pyridine rings is 1.